The first-order valence-corrected chi connectivity index (χ1v) is 12.5. The van der Waals surface area contributed by atoms with Crippen LogP contribution in [0.3, 0.4) is 0 Å². The average Bonchev–Trinajstić information content (AvgIpc) is 2.82. The zero-order valence-corrected chi connectivity index (χ0v) is 20.5. The molecule has 0 N–H and O–H groups in total. The summed E-state index contributed by atoms with van der Waals surface area (Å²) in [5.41, 5.74) is 3.93. The Morgan fingerprint density at radius 3 is 2.10 bits per heavy atom. The lowest BCUT2D eigenvalue weighted by Gasteiger charge is -2.49. The van der Waals surface area contributed by atoms with Crippen molar-refractivity contribution >= 4 is 23.5 Å². The van der Waals surface area contributed by atoms with Crippen LogP contribution < -0.4 is 18.9 Å². The first kappa shape index (κ1) is 22.5. The molecule has 7 heteroatoms. The number of methoxy groups -OCH3 is 4. The van der Waals surface area contributed by atoms with Gasteiger partial charge in [-0.05, 0) is 72.4 Å². The lowest BCUT2D eigenvalue weighted by molar-refractivity contribution is 0.214. The van der Waals surface area contributed by atoms with Gasteiger partial charge >= 0.3 is 0 Å². The number of likely N-dealkylation sites (N-methyl/N-ethyl adjacent to an activating group) is 1. The molecule has 2 aromatic rings. The molecule has 5 nitrogen and oxygen atoms in total. The predicted molar refractivity (Wildman–Crippen MR) is 129 cm³/mol. The molecule has 0 saturated carbocycles. The second-order valence-electron chi connectivity index (χ2n) is 7.83. The van der Waals surface area contributed by atoms with Crippen LogP contribution in [0.15, 0.2) is 30.3 Å². The lowest BCUT2D eigenvalue weighted by Crippen LogP contribution is -2.44. The molecule has 0 aliphatic carbocycles. The van der Waals surface area contributed by atoms with Crippen LogP contribution in [0.1, 0.15) is 29.2 Å². The molecule has 2 aliphatic heterocycles. The van der Waals surface area contributed by atoms with Crippen molar-refractivity contribution in [2.45, 2.75) is 23.0 Å². The van der Waals surface area contributed by atoms with Gasteiger partial charge in [-0.2, -0.15) is 0 Å². The minimum Gasteiger partial charge on any atom is -0.493 e. The molecular weight excluding hydrogens is 430 g/mol. The molecule has 2 aliphatic rings. The molecule has 0 radical (unpaired) electrons. The van der Waals surface area contributed by atoms with Gasteiger partial charge in [0.2, 0.25) is 0 Å². The highest BCUT2D eigenvalue weighted by Gasteiger charge is 2.48. The minimum atomic E-state index is -0.151. The molecule has 1 atom stereocenters. The molecule has 0 bridgehead atoms. The van der Waals surface area contributed by atoms with Gasteiger partial charge in [-0.1, -0.05) is 6.07 Å². The van der Waals surface area contributed by atoms with E-state index in [2.05, 4.69) is 36.2 Å². The van der Waals surface area contributed by atoms with E-state index >= 15 is 0 Å². The van der Waals surface area contributed by atoms with Crippen LogP contribution in [0, 0.1) is 0 Å². The van der Waals surface area contributed by atoms with E-state index in [9.17, 15) is 0 Å². The van der Waals surface area contributed by atoms with Gasteiger partial charge in [-0.3, -0.25) is 4.90 Å². The summed E-state index contributed by atoms with van der Waals surface area (Å²) in [6.07, 6.45) is 2.22. The zero-order valence-electron chi connectivity index (χ0n) is 18.9. The van der Waals surface area contributed by atoms with Crippen molar-refractivity contribution in [3.63, 3.8) is 0 Å². The quantitative estimate of drug-likeness (QED) is 0.601. The molecule has 31 heavy (non-hydrogen) atoms. The fraction of sp³-hybridized carbons (Fsp3) is 0.500. The molecule has 4 rings (SSSR count). The van der Waals surface area contributed by atoms with Gasteiger partial charge in [-0.15, -0.1) is 23.5 Å². The topological polar surface area (TPSA) is 40.2 Å². The van der Waals surface area contributed by atoms with Crippen molar-refractivity contribution in [2.75, 3.05) is 53.5 Å². The smallest absolute Gasteiger partial charge is 0.161 e. The largest absolute Gasteiger partial charge is 0.493 e. The first-order chi connectivity index (χ1) is 15.1. The van der Waals surface area contributed by atoms with E-state index in [4.69, 9.17) is 18.9 Å². The fourth-order valence-electron chi connectivity index (χ4n) is 4.65. The molecule has 1 saturated heterocycles. The van der Waals surface area contributed by atoms with Gasteiger partial charge in [0, 0.05) is 6.54 Å². The summed E-state index contributed by atoms with van der Waals surface area (Å²) < 4.78 is 22.3. The maximum atomic E-state index is 5.68. The van der Waals surface area contributed by atoms with Gasteiger partial charge in [0.25, 0.3) is 0 Å². The molecule has 2 heterocycles. The van der Waals surface area contributed by atoms with E-state index in [0.29, 0.717) is 0 Å². The van der Waals surface area contributed by atoms with Crippen LogP contribution >= 0.6 is 23.5 Å². The lowest BCUT2D eigenvalue weighted by atomic mass is 9.87. The first-order valence-electron chi connectivity index (χ1n) is 10.5. The zero-order chi connectivity index (χ0) is 22.0. The number of fused-ring (bicyclic) bond motifs is 1. The standard InChI is InChI=1S/C24H31NO4S2/c1-25-10-9-16-13-20(27-3)22(29-5)15-18(16)23(25)24(30-11-6-12-31-24)17-7-8-19(26-2)21(14-17)28-4/h7-8,13-15,23H,6,9-12H2,1-5H3. The summed E-state index contributed by atoms with van der Waals surface area (Å²) in [7, 11) is 9.04. The van der Waals surface area contributed by atoms with Crippen LogP contribution in [0.25, 0.3) is 0 Å². The van der Waals surface area contributed by atoms with Crippen LogP contribution in [-0.4, -0.2) is 58.4 Å². The number of rotatable bonds is 6. The summed E-state index contributed by atoms with van der Waals surface area (Å²) in [6, 6.07) is 10.9. The third-order valence-electron chi connectivity index (χ3n) is 6.18. The number of benzene rings is 2. The maximum Gasteiger partial charge on any atom is 0.161 e. The molecule has 0 amide bonds. The molecule has 168 valence electrons. The summed E-state index contributed by atoms with van der Waals surface area (Å²) in [4.78, 5) is 2.50. The second-order valence-corrected chi connectivity index (χ2v) is 10.8. The van der Waals surface area contributed by atoms with Crippen LogP contribution in [0.5, 0.6) is 23.0 Å². The van der Waals surface area contributed by atoms with E-state index in [1.165, 1.54) is 23.1 Å². The normalized spacial score (nSPS) is 20.6. The Labute approximate surface area is 193 Å². The van der Waals surface area contributed by atoms with E-state index in [1.54, 1.807) is 28.4 Å². The molecule has 2 aromatic carbocycles. The van der Waals surface area contributed by atoms with E-state index < -0.39 is 0 Å². The highest BCUT2D eigenvalue weighted by molar-refractivity contribution is 8.18. The Hall–Kier alpha value is -1.70. The maximum absolute atomic E-state index is 5.68. The predicted octanol–water partition coefficient (Wildman–Crippen LogP) is 4.97. The van der Waals surface area contributed by atoms with Crippen molar-refractivity contribution in [1.29, 1.82) is 0 Å². The van der Waals surface area contributed by atoms with Crippen molar-refractivity contribution in [3.05, 3.63) is 47.0 Å². The van der Waals surface area contributed by atoms with Crippen molar-refractivity contribution in [3.8, 4) is 23.0 Å². The Kier molecular flexibility index (Phi) is 6.84. The Morgan fingerprint density at radius 1 is 0.839 bits per heavy atom. The van der Waals surface area contributed by atoms with Crippen LogP contribution in [0.2, 0.25) is 0 Å². The molecule has 1 unspecified atom stereocenters. The fourth-order valence-corrected chi connectivity index (χ4v) is 8.37. The second kappa shape index (κ2) is 9.43. The van der Waals surface area contributed by atoms with E-state index in [0.717, 1.165) is 47.5 Å². The summed E-state index contributed by atoms with van der Waals surface area (Å²) in [6.45, 7) is 1.00. The number of ether oxygens (including phenoxy) is 4. The highest BCUT2D eigenvalue weighted by Crippen LogP contribution is 2.61. The Morgan fingerprint density at radius 2 is 1.45 bits per heavy atom. The molecular formula is C24H31NO4S2. The summed E-state index contributed by atoms with van der Waals surface area (Å²) in [5.74, 6) is 5.39. The van der Waals surface area contributed by atoms with Crippen LogP contribution in [0.4, 0.5) is 0 Å². The van der Waals surface area contributed by atoms with Gasteiger partial charge < -0.3 is 18.9 Å². The Bertz CT molecular complexity index is 930. The third-order valence-corrected chi connectivity index (χ3v) is 9.65. The summed E-state index contributed by atoms with van der Waals surface area (Å²) in [5, 5.41) is 0. The van der Waals surface area contributed by atoms with E-state index in [-0.39, 0.29) is 10.1 Å². The third kappa shape index (κ3) is 3.96. The van der Waals surface area contributed by atoms with Crippen molar-refractivity contribution < 1.29 is 18.9 Å². The monoisotopic (exact) mass is 461 g/mol. The summed E-state index contributed by atoms with van der Waals surface area (Å²) >= 11 is 4.09. The van der Waals surface area contributed by atoms with Gasteiger partial charge in [0.15, 0.2) is 23.0 Å². The number of nitrogens with zero attached hydrogens (tertiary/aromatic N) is 1. The van der Waals surface area contributed by atoms with Gasteiger partial charge in [-0.25, -0.2) is 0 Å². The molecule has 1 fully saturated rings. The van der Waals surface area contributed by atoms with E-state index in [1.807, 2.05) is 29.6 Å². The SMILES string of the molecule is COc1ccc(C2(C3c4cc(OC)c(OC)cc4CCN3C)SCCCS2)cc1OC. The number of thioether (sulfide) groups is 2. The Balaban J connectivity index is 1.89. The molecule has 0 aromatic heterocycles. The molecule has 0 spiro atoms. The van der Waals surface area contributed by atoms with Gasteiger partial charge in [0.1, 0.15) is 4.08 Å². The number of hydrogen-bond acceptors (Lipinski definition) is 7. The highest BCUT2D eigenvalue weighted by atomic mass is 32.2. The van der Waals surface area contributed by atoms with Gasteiger partial charge in [0.05, 0.1) is 34.5 Å². The average molecular weight is 462 g/mol. The van der Waals surface area contributed by atoms with Crippen LogP contribution in [-0.2, 0) is 10.5 Å². The number of hydrogen-bond donors (Lipinski definition) is 0. The minimum absolute atomic E-state index is 0.151. The van der Waals surface area contributed by atoms with Crippen molar-refractivity contribution in [2.24, 2.45) is 0 Å². The van der Waals surface area contributed by atoms with Crippen molar-refractivity contribution in [1.82, 2.24) is 4.90 Å².